The van der Waals surface area contributed by atoms with E-state index in [1.807, 2.05) is 0 Å². The SMILES string of the molecule is CC(=O)Oc1cc2c(c3c1C(=O)c1ccccc1C3=O)N[C@H]1C#C/C=C\C#CC(OC(C)=O)C2C1C(C)OC(C)=O. The highest BCUT2D eigenvalue weighted by Gasteiger charge is 2.49. The molecule has 2 aromatic carbocycles. The number of carbonyl (C=O) groups excluding carboxylic acids is 5. The zero-order valence-electron chi connectivity index (χ0n) is 22.7. The van der Waals surface area contributed by atoms with Crippen molar-refractivity contribution in [2.24, 2.45) is 5.92 Å². The molecule has 5 atom stereocenters. The molecule has 0 amide bonds. The summed E-state index contributed by atoms with van der Waals surface area (Å²) in [7, 11) is 0. The molecule has 1 heterocycles. The smallest absolute Gasteiger partial charge is 0.308 e. The van der Waals surface area contributed by atoms with E-state index in [4.69, 9.17) is 14.2 Å². The largest absolute Gasteiger partial charge is 0.462 e. The number of fused-ring (bicyclic) bond motifs is 7. The summed E-state index contributed by atoms with van der Waals surface area (Å²) in [4.78, 5) is 64.3. The first-order chi connectivity index (χ1) is 19.6. The number of benzene rings is 2. The molecule has 5 rings (SSSR count). The highest BCUT2D eigenvalue weighted by atomic mass is 16.6. The van der Waals surface area contributed by atoms with Gasteiger partial charge in [-0.15, -0.1) is 0 Å². The van der Waals surface area contributed by atoms with Crippen LogP contribution in [-0.2, 0) is 23.9 Å². The van der Waals surface area contributed by atoms with E-state index in [9.17, 15) is 24.0 Å². The predicted octanol–water partition coefficient (Wildman–Crippen LogP) is 3.34. The Morgan fingerprint density at radius 1 is 0.878 bits per heavy atom. The van der Waals surface area contributed by atoms with Gasteiger partial charge in [0.2, 0.25) is 0 Å². The second kappa shape index (κ2) is 10.8. The number of rotatable bonds is 4. The van der Waals surface area contributed by atoms with Crippen molar-refractivity contribution in [3.05, 3.63) is 70.3 Å². The second-order valence-corrected chi connectivity index (χ2v) is 9.87. The normalized spacial score (nSPS) is 22.8. The molecule has 206 valence electrons. The zero-order chi connectivity index (χ0) is 29.4. The molecule has 0 radical (unpaired) electrons. The van der Waals surface area contributed by atoms with E-state index in [1.165, 1.54) is 39.0 Å². The van der Waals surface area contributed by atoms with Gasteiger partial charge in [-0.1, -0.05) is 47.9 Å². The molecule has 4 unspecified atom stereocenters. The van der Waals surface area contributed by atoms with Crippen molar-refractivity contribution in [3.8, 4) is 29.4 Å². The van der Waals surface area contributed by atoms with Crippen molar-refractivity contribution in [1.29, 1.82) is 0 Å². The van der Waals surface area contributed by atoms with Crippen LogP contribution in [0.2, 0.25) is 0 Å². The highest BCUT2D eigenvalue weighted by Crippen LogP contribution is 2.50. The lowest BCUT2D eigenvalue weighted by molar-refractivity contribution is -0.152. The van der Waals surface area contributed by atoms with Crippen molar-refractivity contribution >= 4 is 35.2 Å². The summed E-state index contributed by atoms with van der Waals surface area (Å²) in [5.74, 6) is 7.48. The van der Waals surface area contributed by atoms with Crippen molar-refractivity contribution < 1.29 is 38.2 Å². The predicted molar refractivity (Wildman–Crippen MR) is 146 cm³/mol. The molecule has 1 N–H and O–H groups in total. The van der Waals surface area contributed by atoms with Gasteiger partial charge in [0.25, 0.3) is 0 Å². The van der Waals surface area contributed by atoms with Crippen LogP contribution in [0.5, 0.6) is 5.75 Å². The standard InChI is InChI=1S/C32H25NO8/c1-16(39-17(2)34)26-23-13-7-5-6-8-14-24(40-18(3)35)27(26)22-15-25(41-19(4)36)28-29(30(22)33-23)32(38)21-12-10-9-11-20(21)31(28)37/h5-6,9-12,15-16,23-24,26-27,33H,1-4H3/b6-5-/t16?,23-,24?,26?,27?/m0/s1. The van der Waals surface area contributed by atoms with Gasteiger partial charge >= 0.3 is 17.9 Å². The Hall–Kier alpha value is -5.15. The van der Waals surface area contributed by atoms with Gasteiger partial charge in [-0.05, 0) is 30.7 Å². The number of hydrogen-bond acceptors (Lipinski definition) is 9. The van der Waals surface area contributed by atoms with E-state index >= 15 is 0 Å². The van der Waals surface area contributed by atoms with Crippen LogP contribution >= 0.6 is 0 Å². The minimum Gasteiger partial charge on any atom is -0.462 e. The highest BCUT2D eigenvalue weighted by molar-refractivity contribution is 6.31. The molecular formula is C32H25NO8. The lowest BCUT2D eigenvalue weighted by Gasteiger charge is -2.44. The Labute approximate surface area is 236 Å². The maximum Gasteiger partial charge on any atom is 0.308 e. The van der Waals surface area contributed by atoms with Crippen molar-refractivity contribution in [3.63, 3.8) is 0 Å². The number of nitrogens with one attached hydrogen (secondary N) is 1. The van der Waals surface area contributed by atoms with Crippen molar-refractivity contribution in [2.75, 3.05) is 5.32 Å². The molecule has 2 aromatic rings. The Balaban J connectivity index is 1.85. The zero-order valence-corrected chi connectivity index (χ0v) is 22.7. The maximum atomic E-state index is 14.0. The summed E-state index contributed by atoms with van der Waals surface area (Å²) < 4.78 is 16.8. The fourth-order valence-electron chi connectivity index (χ4n) is 5.72. The summed E-state index contributed by atoms with van der Waals surface area (Å²) in [5.41, 5.74) is 1.01. The molecule has 0 saturated heterocycles. The summed E-state index contributed by atoms with van der Waals surface area (Å²) in [6.45, 7) is 5.41. The monoisotopic (exact) mass is 551 g/mol. The quantitative estimate of drug-likeness (QED) is 0.295. The molecule has 41 heavy (non-hydrogen) atoms. The fourth-order valence-corrected chi connectivity index (χ4v) is 5.72. The molecular weight excluding hydrogens is 526 g/mol. The average Bonchev–Trinajstić information content (AvgIpc) is 2.90. The van der Waals surface area contributed by atoms with Crippen LogP contribution in [0.25, 0.3) is 0 Å². The van der Waals surface area contributed by atoms with Gasteiger partial charge in [-0.3, -0.25) is 24.0 Å². The van der Waals surface area contributed by atoms with Crippen LogP contribution in [0, 0.1) is 29.6 Å². The lowest BCUT2D eigenvalue weighted by atomic mass is 9.69. The average molecular weight is 552 g/mol. The first-order valence-electron chi connectivity index (χ1n) is 12.9. The van der Waals surface area contributed by atoms with E-state index < -0.39 is 59.6 Å². The first-order valence-corrected chi connectivity index (χ1v) is 12.9. The molecule has 0 aromatic heterocycles. The van der Waals surface area contributed by atoms with Gasteiger partial charge in [0.15, 0.2) is 17.7 Å². The van der Waals surface area contributed by atoms with Crippen LogP contribution in [-0.4, -0.2) is 47.7 Å². The molecule has 0 saturated carbocycles. The molecule has 2 aliphatic carbocycles. The molecule has 1 aliphatic heterocycles. The molecule has 0 fully saturated rings. The maximum absolute atomic E-state index is 14.0. The number of carbonyl (C=O) groups is 5. The minimum atomic E-state index is -1.08. The molecule has 2 bridgehead atoms. The summed E-state index contributed by atoms with van der Waals surface area (Å²) in [6.07, 6.45) is 1.22. The van der Waals surface area contributed by atoms with Crippen LogP contribution in [0.1, 0.15) is 71.0 Å². The van der Waals surface area contributed by atoms with Gasteiger partial charge in [0.05, 0.1) is 22.9 Å². The summed E-state index contributed by atoms with van der Waals surface area (Å²) in [6, 6.07) is 7.17. The third kappa shape index (κ3) is 4.99. The second-order valence-electron chi connectivity index (χ2n) is 9.87. The van der Waals surface area contributed by atoms with Crippen LogP contribution in [0.15, 0.2) is 42.5 Å². The number of ether oxygens (including phenoxy) is 3. The van der Waals surface area contributed by atoms with Gasteiger partial charge in [-0.25, -0.2) is 0 Å². The Bertz CT molecular complexity index is 1680. The van der Waals surface area contributed by atoms with Gasteiger partial charge in [0, 0.05) is 43.7 Å². The van der Waals surface area contributed by atoms with Crippen LogP contribution < -0.4 is 10.1 Å². The number of esters is 3. The van der Waals surface area contributed by atoms with Crippen LogP contribution in [0.3, 0.4) is 0 Å². The minimum absolute atomic E-state index is 0.0139. The summed E-state index contributed by atoms with van der Waals surface area (Å²) >= 11 is 0. The summed E-state index contributed by atoms with van der Waals surface area (Å²) in [5, 5.41) is 3.31. The van der Waals surface area contributed by atoms with Crippen molar-refractivity contribution in [1.82, 2.24) is 0 Å². The Morgan fingerprint density at radius 2 is 1.51 bits per heavy atom. The molecule has 0 spiro atoms. The van der Waals surface area contributed by atoms with Crippen LogP contribution in [0.4, 0.5) is 5.69 Å². The lowest BCUT2D eigenvalue weighted by Crippen LogP contribution is -2.49. The molecule has 3 aliphatic rings. The topological polar surface area (TPSA) is 125 Å². The van der Waals surface area contributed by atoms with Crippen molar-refractivity contribution in [2.45, 2.75) is 51.9 Å². The first kappa shape index (κ1) is 27.4. The Morgan fingerprint density at radius 3 is 2.12 bits per heavy atom. The number of allylic oxidation sites excluding steroid dienone is 2. The van der Waals surface area contributed by atoms with Gasteiger partial charge in [-0.2, -0.15) is 0 Å². The number of ketones is 2. The van der Waals surface area contributed by atoms with E-state index in [2.05, 4.69) is 29.0 Å². The van der Waals surface area contributed by atoms with E-state index in [-0.39, 0.29) is 33.7 Å². The van der Waals surface area contributed by atoms with Gasteiger partial charge in [0.1, 0.15) is 11.9 Å². The Kier molecular flexibility index (Phi) is 7.21. The number of anilines is 1. The fraction of sp³-hybridized carbons (Fsp3) is 0.281. The molecule has 9 nitrogen and oxygen atoms in total. The van der Waals surface area contributed by atoms with Gasteiger partial charge < -0.3 is 19.5 Å². The third-order valence-electron chi connectivity index (χ3n) is 7.13. The van der Waals surface area contributed by atoms with E-state index in [0.29, 0.717) is 5.56 Å². The molecule has 9 heteroatoms. The van der Waals surface area contributed by atoms with E-state index in [0.717, 1.165) is 0 Å². The van der Waals surface area contributed by atoms with E-state index in [1.54, 1.807) is 31.2 Å². The number of hydrogen-bond donors (Lipinski definition) is 1. The third-order valence-corrected chi connectivity index (χ3v) is 7.13.